The Balaban J connectivity index is 1.40. The normalized spacial score (nSPS) is 14.1. The van der Waals surface area contributed by atoms with Gasteiger partial charge in [-0.05, 0) is 31.4 Å². The molecule has 8 heteroatoms. The molecule has 3 aromatic heterocycles. The monoisotopic (exact) mass is 368 g/mol. The fourth-order valence-corrected chi connectivity index (χ4v) is 3.30. The number of hydrogen-bond acceptors (Lipinski definition) is 5. The summed E-state index contributed by atoms with van der Waals surface area (Å²) in [5.41, 5.74) is 1.96. The maximum absolute atomic E-state index is 14.4. The molecule has 0 spiro atoms. The summed E-state index contributed by atoms with van der Waals surface area (Å²) in [6.07, 6.45) is 6.08. The van der Waals surface area contributed by atoms with Crippen LogP contribution in [0.15, 0.2) is 30.7 Å². The van der Waals surface area contributed by atoms with Gasteiger partial charge in [-0.15, -0.1) is 0 Å². The molecule has 1 fully saturated rings. The Morgan fingerprint density at radius 1 is 1.26 bits per heavy atom. The number of hydrogen-bond donors (Lipinski definition) is 1. The van der Waals surface area contributed by atoms with E-state index in [4.69, 9.17) is 0 Å². The van der Waals surface area contributed by atoms with Crippen LogP contribution in [-0.2, 0) is 6.42 Å². The molecule has 4 heterocycles. The van der Waals surface area contributed by atoms with E-state index in [1.807, 2.05) is 19.1 Å². The minimum Gasteiger partial charge on any atom is -0.357 e. The number of imidazole rings is 1. The number of fused-ring (bicyclic) bond motifs is 1. The number of halogens is 1. The number of aromatic nitrogens is 4. The lowest BCUT2D eigenvalue weighted by atomic mass is 10.2. The lowest BCUT2D eigenvalue weighted by molar-refractivity contribution is 0.0945. The highest BCUT2D eigenvalue weighted by Gasteiger charge is 2.19. The van der Waals surface area contributed by atoms with Crippen molar-refractivity contribution < 1.29 is 9.18 Å². The van der Waals surface area contributed by atoms with E-state index in [0.29, 0.717) is 18.6 Å². The van der Waals surface area contributed by atoms with Gasteiger partial charge in [-0.2, -0.15) is 4.39 Å². The first-order valence-corrected chi connectivity index (χ1v) is 9.10. The van der Waals surface area contributed by atoms with Crippen molar-refractivity contribution in [3.05, 3.63) is 53.6 Å². The van der Waals surface area contributed by atoms with E-state index < -0.39 is 11.9 Å². The number of rotatable bonds is 5. The molecule has 0 saturated carbocycles. The minimum absolute atomic E-state index is 0.193. The summed E-state index contributed by atoms with van der Waals surface area (Å²) in [4.78, 5) is 27.2. The molecule has 0 bridgehead atoms. The molecule has 0 atom stereocenters. The molecular formula is C19H21FN6O. The fourth-order valence-electron chi connectivity index (χ4n) is 3.30. The van der Waals surface area contributed by atoms with Crippen LogP contribution in [0.3, 0.4) is 0 Å². The highest BCUT2D eigenvalue weighted by molar-refractivity contribution is 5.93. The molecule has 140 valence electrons. The summed E-state index contributed by atoms with van der Waals surface area (Å²) >= 11 is 0. The Bertz CT molecular complexity index is 979. The van der Waals surface area contributed by atoms with Crippen molar-refractivity contribution >= 4 is 17.4 Å². The summed E-state index contributed by atoms with van der Waals surface area (Å²) in [5, 5.41) is 2.72. The summed E-state index contributed by atoms with van der Waals surface area (Å²) < 4.78 is 15.7. The third-order valence-electron chi connectivity index (χ3n) is 4.73. The average Bonchev–Trinajstić information content (AvgIpc) is 3.31. The van der Waals surface area contributed by atoms with E-state index in [2.05, 4.69) is 25.2 Å². The smallest absolute Gasteiger partial charge is 0.274 e. The van der Waals surface area contributed by atoms with Crippen molar-refractivity contribution in [2.45, 2.75) is 26.2 Å². The van der Waals surface area contributed by atoms with Crippen molar-refractivity contribution in [2.24, 2.45) is 0 Å². The molecule has 4 rings (SSSR count). The van der Waals surface area contributed by atoms with Crippen molar-refractivity contribution in [1.82, 2.24) is 24.7 Å². The molecule has 0 aliphatic carbocycles. The van der Waals surface area contributed by atoms with Crippen LogP contribution in [0, 0.1) is 12.9 Å². The zero-order valence-corrected chi connectivity index (χ0v) is 15.2. The SMILES string of the molecule is Cc1ccc2nc(C(=O)NCCc3cc(N4CCCC4)ncn3)c(F)n2c1. The zero-order chi connectivity index (χ0) is 18.8. The predicted octanol–water partition coefficient (Wildman–Crippen LogP) is 2.14. The predicted molar refractivity (Wildman–Crippen MR) is 99.4 cm³/mol. The van der Waals surface area contributed by atoms with Crippen LogP contribution in [0.2, 0.25) is 0 Å². The Morgan fingerprint density at radius 2 is 2.07 bits per heavy atom. The standard InChI is InChI=1S/C19H21FN6O/c1-13-4-5-15-24-17(18(20)26(15)11-13)19(27)21-7-6-14-10-16(23-12-22-14)25-8-2-3-9-25/h4-5,10-12H,2-3,6-9H2,1H3,(H,21,27). The summed E-state index contributed by atoms with van der Waals surface area (Å²) in [6.45, 7) is 4.23. The molecule has 1 aliphatic rings. The quantitative estimate of drug-likeness (QED) is 0.747. The van der Waals surface area contributed by atoms with Crippen LogP contribution in [0.1, 0.15) is 34.6 Å². The number of carbonyl (C=O) groups is 1. The van der Waals surface area contributed by atoms with E-state index in [9.17, 15) is 9.18 Å². The van der Waals surface area contributed by atoms with E-state index in [1.165, 1.54) is 17.2 Å². The lowest BCUT2D eigenvalue weighted by Gasteiger charge is -2.16. The molecule has 0 unspecified atom stereocenters. The molecule has 0 aromatic carbocycles. The zero-order valence-electron chi connectivity index (χ0n) is 15.2. The van der Waals surface area contributed by atoms with Gasteiger partial charge in [0, 0.05) is 44.0 Å². The van der Waals surface area contributed by atoms with Gasteiger partial charge in [0.25, 0.3) is 5.91 Å². The third kappa shape index (κ3) is 3.60. The fraction of sp³-hybridized carbons (Fsp3) is 0.368. The van der Waals surface area contributed by atoms with Crippen LogP contribution in [0.5, 0.6) is 0 Å². The third-order valence-corrected chi connectivity index (χ3v) is 4.73. The van der Waals surface area contributed by atoms with Gasteiger partial charge in [0.15, 0.2) is 5.69 Å². The van der Waals surface area contributed by atoms with Gasteiger partial charge in [0.1, 0.15) is 17.8 Å². The Labute approximate surface area is 156 Å². The first kappa shape index (κ1) is 17.4. The second-order valence-electron chi connectivity index (χ2n) is 6.75. The number of carbonyl (C=O) groups excluding carboxylic acids is 1. The molecule has 3 aromatic rings. The molecule has 1 aliphatic heterocycles. The summed E-state index contributed by atoms with van der Waals surface area (Å²) in [6, 6.07) is 5.47. The van der Waals surface area contributed by atoms with Gasteiger partial charge in [-0.3, -0.25) is 9.20 Å². The first-order valence-electron chi connectivity index (χ1n) is 9.10. The van der Waals surface area contributed by atoms with Gasteiger partial charge >= 0.3 is 0 Å². The number of anilines is 1. The second-order valence-corrected chi connectivity index (χ2v) is 6.75. The van der Waals surface area contributed by atoms with Gasteiger partial charge in [-0.25, -0.2) is 15.0 Å². The Kier molecular flexibility index (Phi) is 4.70. The maximum Gasteiger partial charge on any atom is 0.274 e. The van der Waals surface area contributed by atoms with Gasteiger partial charge in [0.05, 0.1) is 0 Å². The van der Waals surface area contributed by atoms with Crippen LogP contribution in [-0.4, -0.2) is 44.9 Å². The number of aryl methyl sites for hydroxylation is 1. The number of nitrogens with zero attached hydrogens (tertiary/aromatic N) is 5. The molecule has 0 radical (unpaired) electrons. The van der Waals surface area contributed by atoms with Gasteiger partial charge in [0.2, 0.25) is 5.95 Å². The highest BCUT2D eigenvalue weighted by Crippen LogP contribution is 2.17. The largest absolute Gasteiger partial charge is 0.357 e. The topological polar surface area (TPSA) is 75.4 Å². The van der Waals surface area contributed by atoms with Crippen molar-refractivity contribution in [1.29, 1.82) is 0 Å². The van der Waals surface area contributed by atoms with Crippen LogP contribution < -0.4 is 10.2 Å². The second kappa shape index (κ2) is 7.30. The average molecular weight is 368 g/mol. The number of amides is 1. The van der Waals surface area contributed by atoms with Crippen molar-refractivity contribution in [3.8, 4) is 0 Å². The number of nitrogens with one attached hydrogen (secondary N) is 1. The Morgan fingerprint density at radius 3 is 2.89 bits per heavy atom. The Hall–Kier alpha value is -3.03. The van der Waals surface area contributed by atoms with Crippen LogP contribution in [0.25, 0.3) is 5.65 Å². The van der Waals surface area contributed by atoms with E-state index in [-0.39, 0.29) is 5.69 Å². The van der Waals surface area contributed by atoms with Crippen LogP contribution in [0.4, 0.5) is 10.2 Å². The first-order chi connectivity index (χ1) is 13.1. The molecule has 1 saturated heterocycles. The molecule has 7 nitrogen and oxygen atoms in total. The molecular weight excluding hydrogens is 347 g/mol. The molecule has 1 amide bonds. The highest BCUT2D eigenvalue weighted by atomic mass is 19.1. The van der Waals surface area contributed by atoms with Crippen molar-refractivity contribution in [3.63, 3.8) is 0 Å². The van der Waals surface area contributed by atoms with E-state index >= 15 is 0 Å². The summed E-state index contributed by atoms with van der Waals surface area (Å²) in [7, 11) is 0. The maximum atomic E-state index is 14.4. The molecule has 1 N–H and O–H groups in total. The minimum atomic E-state index is -0.649. The lowest BCUT2D eigenvalue weighted by Crippen LogP contribution is -2.27. The van der Waals surface area contributed by atoms with Crippen molar-refractivity contribution in [2.75, 3.05) is 24.5 Å². The number of pyridine rings is 1. The van der Waals surface area contributed by atoms with Gasteiger partial charge < -0.3 is 10.2 Å². The van der Waals surface area contributed by atoms with E-state index in [1.54, 1.807) is 18.6 Å². The van der Waals surface area contributed by atoms with Gasteiger partial charge in [-0.1, -0.05) is 6.07 Å². The van der Waals surface area contributed by atoms with Crippen LogP contribution >= 0.6 is 0 Å². The summed E-state index contributed by atoms with van der Waals surface area (Å²) in [5.74, 6) is -0.252. The molecule has 27 heavy (non-hydrogen) atoms. The van der Waals surface area contributed by atoms with E-state index in [0.717, 1.165) is 30.2 Å².